The third-order valence-electron chi connectivity index (χ3n) is 6.70. The topological polar surface area (TPSA) is 77.6 Å². The number of benzene rings is 1. The van der Waals surface area contributed by atoms with Crippen LogP contribution in [0.25, 0.3) is 11.2 Å². The van der Waals surface area contributed by atoms with Crippen molar-refractivity contribution in [3.8, 4) is 0 Å². The van der Waals surface area contributed by atoms with Crippen molar-refractivity contribution in [1.82, 2.24) is 24.1 Å². The van der Waals surface area contributed by atoms with Gasteiger partial charge in [-0.1, -0.05) is 23.7 Å². The zero-order valence-corrected chi connectivity index (χ0v) is 20.7. The van der Waals surface area contributed by atoms with E-state index in [-0.39, 0.29) is 18.0 Å². The summed E-state index contributed by atoms with van der Waals surface area (Å²) in [4.78, 5) is 20.8. The van der Waals surface area contributed by atoms with Crippen LogP contribution in [0.4, 0.5) is 5.69 Å². The average Bonchev–Trinajstić information content (AvgIpc) is 3.59. The standard InChI is InChI=1S/C26H25ClN6O2/c1-14(2)32-23-21(28-25(32)18-9-10-35-13-18)26(34)33(22(23)17-5-7-19(27)8-6-17)20-11-15(3)24-30-29-16(4)31(24)12-20/h5-9,11-12,14,22H,10,13H2,1-4H3/t22-/m0/s1. The van der Waals surface area contributed by atoms with Crippen molar-refractivity contribution in [2.75, 3.05) is 18.1 Å². The zero-order valence-electron chi connectivity index (χ0n) is 20.0. The van der Waals surface area contributed by atoms with E-state index in [9.17, 15) is 4.79 Å². The lowest BCUT2D eigenvalue weighted by atomic mass is 10.0. The van der Waals surface area contributed by atoms with E-state index >= 15 is 0 Å². The fourth-order valence-corrected chi connectivity index (χ4v) is 5.23. The summed E-state index contributed by atoms with van der Waals surface area (Å²) in [6, 6.07) is 9.40. The van der Waals surface area contributed by atoms with Crippen LogP contribution in [0.1, 0.15) is 64.9 Å². The minimum absolute atomic E-state index is 0.0922. The molecule has 1 amide bonds. The largest absolute Gasteiger partial charge is 0.373 e. The first-order valence-corrected chi connectivity index (χ1v) is 12.0. The maximum absolute atomic E-state index is 14.1. The molecule has 0 N–H and O–H groups in total. The summed E-state index contributed by atoms with van der Waals surface area (Å²) in [6.07, 6.45) is 3.97. The molecule has 1 atom stereocenters. The number of pyridine rings is 1. The molecule has 0 aliphatic carbocycles. The van der Waals surface area contributed by atoms with Gasteiger partial charge < -0.3 is 9.30 Å². The van der Waals surface area contributed by atoms with Gasteiger partial charge in [0.15, 0.2) is 11.3 Å². The Kier molecular flexibility index (Phi) is 5.05. The highest BCUT2D eigenvalue weighted by molar-refractivity contribution is 6.30. The van der Waals surface area contributed by atoms with E-state index in [1.165, 1.54) is 0 Å². The smallest absolute Gasteiger partial charge is 0.279 e. The molecule has 0 radical (unpaired) electrons. The lowest BCUT2D eigenvalue weighted by Crippen LogP contribution is -2.31. The van der Waals surface area contributed by atoms with Crippen LogP contribution in [0, 0.1) is 13.8 Å². The van der Waals surface area contributed by atoms with E-state index in [1.807, 2.05) is 65.8 Å². The van der Waals surface area contributed by atoms with Crippen LogP contribution in [0.3, 0.4) is 0 Å². The summed E-state index contributed by atoms with van der Waals surface area (Å²) in [6.45, 7) is 9.17. The van der Waals surface area contributed by atoms with Crippen molar-refractivity contribution in [1.29, 1.82) is 0 Å². The van der Waals surface area contributed by atoms with Crippen LogP contribution >= 0.6 is 11.6 Å². The predicted octanol–water partition coefficient (Wildman–Crippen LogP) is 4.94. The van der Waals surface area contributed by atoms with E-state index in [1.54, 1.807) is 0 Å². The molecule has 0 saturated carbocycles. The number of amides is 1. The summed E-state index contributed by atoms with van der Waals surface area (Å²) in [5, 5.41) is 9.13. The zero-order chi connectivity index (χ0) is 24.4. The van der Waals surface area contributed by atoms with Gasteiger partial charge in [0.05, 0.1) is 24.6 Å². The van der Waals surface area contributed by atoms with Gasteiger partial charge in [-0.25, -0.2) is 4.98 Å². The number of aromatic nitrogens is 5. The highest BCUT2D eigenvalue weighted by atomic mass is 35.5. The summed E-state index contributed by atoms with van der Waals surface area (Å²) in [5.74, 6) is 1.43. The van der Waals surface area contributed by atoms with Crippen molar-refractivity contribution in [2.45, 2.75) is 39.8 Å². The van der Waals surface area contributed by atoms with E-state index in [0.29, 0.717) is 23.9 Å². The molecule has 0 spiro atoms. The number of ether oxygens (including phenoxy) is 1. The molecule has 4 aromatic rings. The number of aryl methyl sites for hydroxylation is 2. The molecule has 8 nitrogen and oxygen atoms in total. The van der Waals surface area contributed by atoms with Crippen LogP contribution in [-0.4, -0.2) is 43.3 Å². The van der Waals surface area contributed by atoms with Gasteiger partial charge in [0.25, 0.3) is 5.91 Å². The summed E-state index contributed by atoms with van der Waals surface area (Å²) in [7, 11) is 0. The van der Waals surface area contributed by atoms with Crippen LogP contribution in [-0.2, 0) is 4.74 Å². The third kappa shape index (κ3) is 3.31. The molecule has 0 saturated heterocycles. The van der Waals surface area contributed by atoms with Gasteiger partial charge in [0.1, 0.15) is 17.7 Å². The molecule has 35 heavy (non-hydrogen) atoms. The Morgan fingerprint density at radius 1 is 1.14 bits per heavy atom. The molecule has 178 valence electrons. The maximum Gasteiger partial charge on any atom is 0.279 e. The Labute approximate surface area is 207 Å². The van der Waals surface area contributed by atoms with E-state index in [0.717, 1.165) is 45.4 Å². The number of nitrogens with zero attached hydrogens (tertiary/aromatic N) is 6. The van der Waals surface area contributed by atoms with Crippen LogP contribution in [0.15, 0.2) is 42.6 Å². The van der Waals surface area contributed by atoms with Gasteiger partial charge in [0, 0.05) is 22.8 Å². The lowest BCUT2D eigenvalue weighted by molar-refractivity contribution is 0.0989. The average molecular weight is 489 g/mol. The molecular weight excluding hydrogens is 464 g/mol. The van der Waals surface area contributed by atoms with Crippen LogP contribution in [0.5, 0.6) is 0 Å². The van der Waals surface area contributed by atoms with Gasteiger partial charge in [-0.15, -0.1) is 10.2 Å². The van der Waals surface area contributed by atoms with Gasteiger partial charge in [-0.3, -0.25) is 14.1 Å². The quantitative estimate of drug-likeness (QED) is 0.406. The molecule has 1 aromatic carbocycles. The fourth-order valence-electron chi connectivity index (χ4n) is 5.11. The number of imidazole rings is 1. The highest BCUT2D eigenvalue weighted by Crippen LogP contribution is 2.44. The fraction of sp³-hybridized carbons (Fsp3) is 0.308. The second-order valence-corrected chi connectivity index (χ2v) is 9.77. The van der Waals surface area contributed by atoms with Crippen molar-refractivity contribution < 1.29 is 9.53 Å². The first-order valence-electron chi connectivity index (χ1n) is 11.7. The van der Waals surface area contributed by atoms with Crippen molar-refractivity contribution >= 4 is 34.4 Å². The normalized spacial score (nSPS) is 17.7. The molecule has 0 fully saturated rings. The second-order valence-electron chi connectivity index (χ2n) is 9.33. The number of carbonyl (C=O) groups is 1. The minimum Gasteiger partial charge on any atom is -0.373 e. The van der Waals surface area contributed by atoms with Crippen molar-refractivity contribution in [2.24, 2.45) is 0 Å². The summed E-state index contributed by atoms with van der Waals surface area (Å²) < 4.78 is 9.69. The van der Waals surface area contributed by atoms with E-state index in [4.69, 9.17) is 21.3 Å². The molecule has 3 aromatic heterocycles. The first kappa shape index (κ1) is 22.0. The number of anilines is 1. The second kappa shape index (κ2) is 8.03. The van der Waals surface area contributed by atoms with Crippen molar-refractivity contribution in [3.63, 3.8) is 0 Å². The first-order chi connectivity index (χ1) is 16.8. The number of rotatable bonds is 4. The molecular formula is C26H25ClN6O2. The molecule has 2 aliphatic heterocycles. The number of carbonyl (C=O) groups excluding carboxylic acids is 1. The Hall–Kier alpha value is -3.49. The molecule has 9 heteroatoms. The van der Waals surface area contributed by atoms with E-state index in [2.05, 4.69) is 28.6 Å². The molecule has 6 rings (SSSR count). The maximum atomic E-state index is 14.1. The molecule has 0 bridgehead atoms. The monoisotopic (exact) mass is 488 g/mol. The minimum atomic E-state index is -0.366. The van der Waals surface area contributed by atoms with Gasteiger partial charge in [-0.2, -0.15) is 0 Å². The molecule has 2 aliphatic rings. The Morgan fingerprint density at radius 2 is 1.91 bits per heavy atom. The third-order valence-corrected chi connectivity index (χ3v) is 6.96. The Bertz CT molecular complexity index is 1520. The molecule has 0 unspecified atom stereocenters. The van der Waals surface area contributed by atoms with E-state index < -0.39 is 0 Å². The Morgan fingerprint density at radius 3 is 2.60 bits per heavy atom. The summed E-state index contributed by atoms with van der Waals surface area (Å²) in [5.41, 5.74) is 5.81. The van der Waals surface area contributed by atoms with Gasteiger partial charge in [0.2, 0.25) is 0 Å². The number of fused-ring (bicyclic) bond motifs is 2. The summed E-state index contributed by atoms with van der Waals surface area (Å²) >= 11 is 6.23. The van der Waals surface area contributed by atoms with Gasteiger partial charge in [-0.05, 0) is 63.1 Å². The number of hydrogen-bond acceptors (Lipinski definition) is 5. The van der Waals surface area contributed by atoms with Gasteiger partial charge >= 0.3 is 0 Å². The molecule has 5 heterocycles. The Balaban J connectivity index is 1.60. The lowest BCUT2D eigenvalue weighted by Gasteiger charge is -2.29. The van der Waals surface area contributed by atoms with Crippen molar-refractivity contribution in [3.05, 3.63) is 81.8 Å². The van der Waals surface area contributed by atoms with Crippen LogP contribution < -0.4 is 4.90 Å². The number of halogens is 1. The van der Waals surface area contributed by atoms with Crippen LogP contribution in [0.2, 0.25) is 5.02 Å². The number of hydrogen-bond donors (Lipinski definition) is 0. The SMILES string of the molecule is Cc1cc(N2C(=O)c3nc(C4=CCOC4)n(C(C)C)c3[C@@H]2c2ccc(Cl)cc2)cn2c(C)nnc12. The predicted molar refractivity (Wildman–Crippen MR) is 134 cm³/mol. The highest BCUT2D eigenvalue weighted by Gasteiger charge is 2.45.